The lowest BCUT2D eigenvalue weighted by atomic mass is 10.1. The van der Waals surface area contributed by atoms with E-state index in [1.54, 1.807) is 0 Å². The van der Waals surface area contributed by atoms with Crippen LogP contribution in [-0.4, -0.2) is 0 Å². The second-order valence-corrected chi connectivity index (χ2v) is 6.38. The molecule has 0 aromatic heterocycles. The zero-order valence-corrected chi connectivity index (χ0v) is 15.2. The lowest BCUT2D eigenvalue weighted by Gasteiger charge is -2.17. The van der Waals surface area contributed by atoms with Crippen LogP contribution >= 0.6 is 19.0 Å². The molecule has 1 aliphatic rings. The van der Waals surface area contributed by atoms with Crippen LogP contribution in [0.1, 0.15) is 40.0 Å². The monoisotopic (exact) mass is 338 g/mol. The fraction of sp³-hybridized carbons (Fsp3) is 0.333. The summed E-state index contributed by atoms with van der Waals surface area (Å²) in [6.45, 7) is 10.1. The molecule has 120 valence electrons. The number of allylic oxidation sites excluding steroid dienone is 9. The van der Waals surface area contributed by atoms with Gasteiger partial charge in [-0.05, 0) is 42.7 Å². The van der Waals surface area contributed by atoms with E-state index >= 15 is 0 Å². The number of rotatable bonds is 8. The number of halogens is 1. The van der Waals surface area contributed by atoms with Gasteiger partial charge in [-0.1, -0.05) is 62.5 Å². The molecular formula is C18H24ClO2P. The van der Waals surface area contributed by atoms with Crippen molar-refractivity contribution in [2.75, 3.05) is 0 Å². The first kappa shape index (κ1) is 18.8. The zero-order chi connectivity index (χ0) is 16.4. The third-order valence-corrected chi connectivity index (χ3v) is 4.34. The van der Waals surface area contributed by atoms with Crippen molar-refractivity contribution >= 4 is 19.0 Å². The third-order valence-electron chi connectivity index (χ3n) is 3.18. The first-order chi connectivity index (χ1) is 10.6. The quantitative estimate of drug-likeness (QED) is 0.267. The molecule has 0 fully saturated rings. The fourth-order valence-electron chi connectivity index (χ4n) is 1.88. The Kier molecular flexibility index (Phi) is 8.96. The Bertz CT molecular complexity index is 527. The van der Waals surface area contributed by atoms with Gasteiger partial charge < -0.3 is 9.05 Å². The first-order valence-electron chi connectivity index (χ1n) is 7.48. The van der Waals surface area contributed by atoms with Gasteiger partial charge in [0, 0.05) is 6.42 Å². The molecule has 0 radical (unpaired) electrons. The van der Waals surface area contributed by atoms with E-state index in [2.05, 4.69) is 26.5 Å². The Morgan fingerprint density at radius 2 is 2.09 bits per heavy atom. The van der Waals surface area contributed by atoms with Crippen LogP contribution in [0.15, 0.2) is 71.8 Å². The minimum atomic E-state index is -1.55. The molecular weight excluding hydrogens is 315 g/mol. The highest BCUT2D eigenvalue weighted by atomic mass is 35.7. The van der Waals surface area contributed by atoms with Crippen molar-refractivity contribution in [2.45, 2.75) is 40.0 Å². The van der Waals surface area contributed by atoms with Crippen molar-refractivity contribution in [1.29, 1.82) is 0 Å². The smallest absolute Gasteiger partial charge is 0.400 e. The van der Waals surface area contributed by atoms with Crippen molar-refractivity contribution in [2.24, 2.45) is 0 Å². The summed E-state index contributed by atoms with van der Waals surface area (Å²) in [5, 5.41) is 0. The second kappa shape index (κ2) is 10.5. The van der Waals surface area contributed by atoms with Crippen LogP contribution < -0.4 is 0 Å². The Balaban J connectivity index is 2.60. The SMILES string of the molecule is C=C(OP(Cl)OC1=CC=CC=C(CC)C1)/C(=C\C=C/C)CC. The van der Waals surface area contributed by atoms with Crippen LogP contribution in [0, 0.1) is 0 Å². The normalized spacial score (nSPS) is 16.8. The lowest BCUT2D eigenvalue weighted by Crippen LogP contribution is -1.93. The topological polar surface area (TPSA) is 18.5 Å². The van der Waals surface area contributed by atoms with Gasteiger partial charge in [-0.15, -0.1) is 0 Å². The second-order valence-electron chi connectivity index (χ2n) is 4.76. The van der Waals surface area contributed by atoms with Crippen LogP contribution in [0.25, 0.3) is 0 Å². The minimum absolute atomic E-state index is 0.567. The van der Waals surface area contributed by atoms with E-state index in [1.807, 2.05) is 43.4 Å². The standard InChI is InChI=1S/C18H24ClO2P/c1-5-8-12-17(7-3)15(4)20-22(19)21-18-13-10-9-11-16(6-2)14-18/h5,8-13H,4,6-7,14H2,1-3H3/b8-5-,17-12-. The van der Waals surface area contributed by atoms with Crippen molar-refractivity contribution in [1.82, 2.24) is 0 Å². The molecule has 0 bridgehead atoms. The molecule has 0 aromatic carbocycles. The van der Waals surface area contributed by atoms with Gasteiger partial charge in [-0.3, -0.25) is 0 Å². The molecule has 0 aliphatic heterocycles. The molecule has 0 N–H and O–H groups in total. The van der Waals surface area contributed by atoms with Crippen LogP contribution in [-0.2, 0) is 9.05 Å². The number of hydrogen-bond donors (Lipinski definition) is 0. The molecule has 1 unspecified atom stereocenters. The van der Waals surface area contributed by atoms with E-state index in [0.717, 1.165) is 30.6 Å². The van der Waals surface area contributed by atoms with E-state index < -0.39 is 7.73 Å². The van der Waals surface area contributed by atoms with Crippen molar-refractivity contribution < 1.29 is 9.05 Å². The maximum atomic E-state index is 6.22. The molecule has 0 spiro atoms. The van der Waals surface area contributed by atoms with Crippen LogP contribution in [0.2, 0.25) is 0 Å². The zero-order valence-electron chi connectivity index (χ0n) is 13.5. The summed E-state index contributed by atoms with van der Waals surface area (Å²) in [7, 11) is -1.55. The Morgan fingerprint density at radius 3 is 2.73 bits per heavy atom. The summed E-state index contributed by atoms with van der Waals surface area (Å²) in [5.74, 6) is 1.39. The third kappa shape index (κ3) is 6.68. The van der Waals surface area contributed by atoms with E-state index in [4.69, 9.17) is 20.3 Å². The summed E-state index contributed by atoms with van der Waals surface area (Å²) in [6, 6.07) is 0. The molecule has 0 aromatic rings. The largest absolute Gasteiger partial charge is 0.431 e. The van der Waals surface area contributed by atoms with Gasteiger partial charge in [0.15, 0.2) is 0 Å². The van der Waals surface area contributed by atoms with Crippen LogP contribution in [0.3, 0.4) is 0 Å². The molecule has 1 atom stereocenters. The van der Waals surface area contributed by atoms with Crippen LogP contribution in [0.4, 0.5) is 0 Å². The average molecular weight is 339 g/mol. The maximum absolute atomic E-state index is 6.22. The molecule has 0 amide bonds. The summed E-state index contributed by atoms with van der Waals surface area (Å²) in [4.78, 5) is 0. The average Bonchev–Trinajstić information content (AvgIpc) is 2.72. The maximum Gasteiger partial charge on any atom is 0.400 e. The predicted octanol–water partition coefficient (Wildman–Crippen LogP) is 7.09. The summed E-state index contributed by atoms with van der Waals surface area (Å²) in [5.41, 5.74) is 2.32. The van der Waals surface area contributed by atoms with Gasteiger partial charge in [0.1, 0.15) is 11.5 Å². The van der Waals surface area contributed by atoms with Gasteiger partial charge in [0.2, 0.25) is 0 Å². The predicted molar refractivity (Wildman–Crippen MR) is 97.5 cm³/mol. The first-order valence-corrected chi connectivity index (χ1v) is 9.57. The van der Waals surface area contributed by atoms with Crippen molar-refractivity contribution in [3.05, 3.63) is 71.8 Å². The Morgan fingerprint density at radius 1 is 1.36 bits per heavy atom. The summed E-state index contributed by atoms with van der Waals surface area (Å²) >= 11 is 6.22. The molecule has 1 rings (SSSR count). The molecule has 1 aliphatic carbocycles. The van der Waals surface area contributed by atoms with Gasteiger partial charge in [0.25, 0.3) is 0 Å². The fourth-order valence-corrected chi connectivity index (χ4v) is 3.03. The van der Waals surface area contributed by atoms with Gasteiger partial charge in [0.05, 0.1) is 0 Å². The molecule has 0 saturated heterocycles. The van der Waals surface area contributed by atoms with Crippen molar-refractivity contribution in [3.63, 3.8) is 0 Å². The molecule has 0 saturated carbocycles. The van der Waals surface area contributed by atoms with E-state index in [9.17, 15) is 0 Å². The van der Waals surface area contributed by atoms with Gasteiger partial charge in [-0.25, -0.2) is 0 Å². The van der Waals surface area contributed by atoms with Crippen molar-refractivity contribution in [3.8, 4) is 0 Å². The lowest BCUT2D eigenvalue weighted by molar-refractivity contribution is 0.367. The van der Waals surface area contributed by atoms with Crippen LogP contribution in [0.5, 0.6) is 0 Å². The summed E-state index contributed by atoms with van der Waals surface area (Å²) in [6.07, 6.45) is 16.5. The highest BCUT2D eigenvalue weighted by molar-refractivity contribution is 7.76. The highest BCUT2D eigenvalue weighted by Crippen LogP contribution is 2.49. The Labute approximate surface area is 140 Å². The Hall–Kier alpha value is -1.24. The van der Waals surface area contributed by atoms with E-state index in [0.29, 0.717) is 5.76 Å². The molecule has 4 heteroatoms. The van der Waals surface area contributed by atoms with Gasteiger partial charge >= 0.3 is 7.73 Å². The van der Waals surface area contributed by atoms with E-state index in [-0.39, 0.29) is 0 Å². The highest BCUT2D eigenvalue weighted by Gasteiger charge is 2.16. The van der Waals surface area contributed by atoms with Gasteiger partial charge in [-0.2, -0.15) is 0 Å². The van der Waals surface area contributed by atoms with E-state index in [1.165, 1.54) is 5.57 Å². The summed E-state index contributed by atoms with van der Waals surface area (Å²) < 4.78 is 11.4. The number of hydrogen-bond acceptors (Lipinski definition) is 2. The molecule has 2 nitrogen and oxygen atoms in total. The molecule has 22 heavy (non-hydrogen) atoms. The minimum Gasteiger partial charge on any atom is -0.431 e. The molecule has 0 heterocycles.